The third-order valence-electron chi connectivity index (χ3n) is 9.51. The van der Waals surface area contributed by atoms with Crippen LogP contribution in [0.25, 0.3) is 0 Å². The van der Waals surface area contributed by atoms with Gasteiger partial charge in [0, 0.05) is 6.61 Å². The molecule has 5 rings (SSSR count). The molecule has 0 bridgehead atoms. The summed E-state index contributed by atoms with van der Waals surface area (Å²) in [4.78, 5) is 55.8. The van der Waals surface area contributed by atoms with E-state index in [2.05, 4.69) is 0 Å². The van der Waals surface area contributed by atoms with Gasteiger partial charge in [-0.05, 0) is 79.7 Å². The molecule has 1 heterocycles. The van der Waals surface area contributed by atoms with Crippen molar-refractivity contribution in [3.05, 3.63) is 95.1 Å². The fourth-order valence-corrected chi connectivity index (χ4v) is 6.38. The van der Waals surface area contributed by atoms with Crippen molar-refractivity contribution in [1.29, 1.82) is 0 Å². The Bertz CT molecular complexity index is 2200. The van der Waals surface area contributed by atoms with Gasteiger partial charge in [-0.25, -0.2) is 19.2 Å². The molecule has 0 spiro atoms. The number of carbonyl (C=O) groups excluding carboxylic acids is 4. The first-order chi connectivity index (χ1) is 30.0. The Morgan fingerprint density at radius 1 is 0.435 bits per heavy atom. The summed E-state index contributed by atoms with van der Waals surface area (Å²) >= 11 is 0. The zero-order valence-electron chi connectivity index (χ0n) is 35.6. The van der Waals surface area contributed by atoms with Crippen LogP contribution >= 0.6 is 0 Å². The van der Waals surface area contributed by atoms with Crippen LogP contribution in [-0.2, 0) is 28.4 Å². The van der Waals surface area contributed by atoms with E-state index in [0.29, 0.717) is 23.0 Å². The highest BCUT2D eigenvalue weighted by Crippen LogP contribution is 2.36. The van der Waals surface area contributed by atoms with Crippen molar-refractivity contribution in [2.75, 3.05) is 70.1 Å². The summed E-state index contributed by atoms with van der Waals surface area (Å²) in [6.45, 7) is 1.05. The second kappa shape index (κ2) is 21.6. The van der Waals surface area contributed by atoms with Crippen LogP contribution in [0.2, 0.25) is 0 Å². The molecule has 0 aromatic heterocycles. The summed E-state index contributed by atoms with van der Waals surface area (Å²) < 4.78 is 79.1. The van der Waals surface area contributed by atoms with Crippen LogP contribution in [0, 0.1) is 0 Å². The molecule has 0 N–H and O–H groups in total. The van der Waals surface area contributed by atoms with Gasteiger partial charge in [-0.15, -0.1) is 0 Å². The second-order valence-electron chi connectivity index (χ2n) is 13.0. The molecule has 0 amide bonds. The van der Waals surface area contributed by atoms with Crippen LogP contribution < -0.4 is 37.9 Å². The monoisotopic (exact) mass is 864 g/mol. The second-order valence-corrected chi connectivity index (χ2v) is 13.0. The van der Waals surface area contributed by atoms with Gasteiger partial charge >= 0.3 is 23.9 Å². The maximum atomic E-state index is 14.2. The summed E-state index contributed by atoms with van der Waals surface area (Å²) in [5.41, 5.74) is 0.0533. The molecule has 1 saturated heterocycles. The number of benzene rings is 4. The Kier molecular flexibility index (Phi) is 16.0. The molecular formula is C44H48O18. The maximum Gasteiger partial charge on any atom is 0.338 e. The summed E-state index contributed by atoms with van der Waals surface area (Å²) in [7, 11) is 11.3. The van der Waals surface area contributed by atoms with E-state index in [0.717, 1.165) is 0 Å². The highest BCUT2D eigenvalue weighted by Gasteiger charge is 2.53. The number of ether oxygens (including phenoxy) is 14. The lowest BCUT2D eigenvalue weighted by Crippen LogP contribution is -2.63. The SMILES string of the molecule is CCO[C@H]1O[C@H](COC(=O)c2ccc(OC)c(OC)c2)[C@@H](OC(=O)c2ccc(OC)c(OC)c2)[C@H](OC(=O)c2ccc(OC)c(OC)c2)[C@H]1OC(=O)c1ccc(OC)c(OC)c1. The van der Waals surface area contributed by atoms with Crippen LogP contribution in [0.1, 0.15) is 48.4 Å². The molecule has 0 radical (unpaired) electrons. The summed E-state index contributed by atoms with van der Waals surface area (Å²) in [6, 6.07) is 17.3. The Morgan fingerprint density at radius 3 is 1.10 bits per heavy atom. The van der Waals surface area contributed by atoms with Gasteiger partial charge in [-0.1, -0.05) is 0 Å². The van der Waals surface area contributed by atoms with Gasteiger partial charge in [0.05, 0.1) is 79.1 Å². The van der Waals surface area contributed by atoms with Crippen LogP contribution in [0.3, 0.4) is 0 Å². The first-order valence-electron chi connectivity index (χ1n) is 18.9. The van der Waals surface area contributed by atoms with Gasteiger partial charge in [0.25, 0.3) is 0 Å². The Labute approximate surface area is 357 Å². The number of hydrogen-bond acceptors (Lipinski definition) is 18. The molecule has 1 fully saturated rings. The van der Waals surface area contributed by atoms with Crippen molar-refractivity contribution in [2.24, 2.45) is 0 Å². The van der Waals surface area contributed by atoms with Gasteiger partial charge in [-0.3, -0.25) is 0 Å². The average Bonchev–Trinajstić information content (AvgIpc) is 3.31. The molecule has 1 aliphatic heterocycles. The van der Waals surface area contributed by atoms with Crippen molar-refractivity contribution in [3.63, 3.8) is 0 Å². The Morgan fingerprint density at radius 2 is 0.758 bits per heavy atom. The number of rotatable bonds is 19. The summed E-state index contributed by atoms with van der Waals surface area (Å²) in [5, 5.41) is 0. The fourth-order valence-electron chi connectivity index (χ4n) is 6.38. The lowest BCUT2D eigenvalue weighted by atomic mass is 9.97. The van der Waals surface area contributed by atoms with Gasteiger partial charge in [0.2, 0.25) is 0 Å². The molecule has 0 unspecified atom stereocenters. The van der Waals surface area contributed by atoms with Crippen molar-refractivity contribution < 1.29 is 85.5 Å². The van der Waals surface area contributed by atoms with Crippen molar-refractivity contribution in [2.45, 2.75) is 37.6 Å². The minimum atomic E-state index is -1.70. The molecule has 332 valence electrons. The zero-order chi connectivity index (χ0) is 44.9. The van der Waals surface area contributed by atoms with E-state index in [1.807, 2.05) is 0 Å². The lowest BCUT2D eigenvalue weighted by Gasteiger charge is -2.44. The summed E-state index contributed by atoms with van der Waals surface area (Å²) in [6.07, 6.45) is -7.88. The minimum Gasteiger partial charge on any atom is -0.493 e. The van der Waals surface area contributed by atoms with E-state index in [1.54, 1.807) is 6.92 Å². The molecule has 1 aliphatic rings. The molecule has 62 heavy (non-hydrogen) atoms. The quantitative estimate of drug-likeness (QED) is 0.0863. The van der Waals surface area contributed by atoms with E-state index in [4.69, 9.17) is 66.3 Å². The first kappa shape index (κ1) is 46.2. The van der Waals surface area contributed by atoms with Crippen LogP contribution in [0.5, 0.6) is 46.0 Å². The average molecular weight is 865 g/mol. The smallest absolute Gasteiger partial charge is 0.338 e. The molecule has 0 saturated carbocycles. The topological polar surface area (TPSA) is 197 Å². The zero-order valence-corrected chi connectivity index (χ0v) is 35.6. The number of carbonyl (C=O) groups is 4. The molecular weight excluding hydrogens is 816 g/mol. The molecule has 18 nitrogen and oxygen atoms in total. The number of hydrogen-bond donors (Lipinski definition) is 0. The van der Waals surface area contributed by atoms with Crippen LogP contribution in [0.15, 0.2) is 72.8 Å². The Balaban J connectivity index is 1.61. The van der Waals surface area contributed by atoms with Crippen LogP contribution in [-0.4, -0.2) is 125 Å². The highest BCUT2D eigenvalue weighted by atomic mass is 16.7. The minimum absolute atomic E-state index is 0.000329. The normalized spacial score (nSPS) is 18.0. The lowest BCUT2D eigenvalue weighted by molar-refractivity contribution is -0.297. The third kappa shape index (κ3) is 10.5. The number of methoxy groups -OCH3 is 8. The third-order valence-corrected chi connectivity index (χ3v) is 9.51. The Hall–Kier alpha value is -6.92. The largest absolute Gasteiger partial charge is 0.493 e. The van der Waals surface area contributed by atoms with Crippen LogP contribution in [0.4, 0.5) is 0 Å². The fraction of sp³-hybridized carbons (Fsp3) is 0.364. The van der Waals surface area contributed by atoms with Gasteiger partial charge < -0.3 is 66.3 Å². The van der Waals surface area contributed by atoms with Gasteiger partial charge in [0.1, 0.15) is 12.7 Å². The first-order valence-corrected chi connectivity index (χ1v) is 18.9. The molecule has 4 aromatic rings. The van der Waals surface area contributed by atoms with E-state index in [-0.39, 0.29) is 51.9 Å². The molecule has 0 aliphatic carbocycles. The molecule has 5 atom stereocenters. The number of esters is 4. The van der Waals surface area contributed by atoms with Crippen molar-refractivity contribution >= 4 is 23.9 Å². The highest BCUT2D eigenvalue weighted by molar-refractivity contribution is 5.93. The molecule has 18 heteroatoms. The van der Waals surface area contributed by atoms with Gasteiger partial charge in [-0.2, -0.15) is 0 Å². The molecule has 4 aromatic carbocycles. The standard InChI is InChI=1S/C44H48O18/c1-10-57-44-39(62-43(48)27-14-18-31(52-5)35(22-27)56-9)38(61-42(47)26-13-17-30(51-4)34(21-26)55-8)37(60-41(46)25-12-16-29(50-3)33(20-25)54-7)36(59-44)23-58-40(45)24-11-15-28(49-2)32(19-24)53-6/h11-22,36-39,44H,10,23H2,1-9H3/t36-,37-,38+,39-,44+/m1/s1. The van der Waals surface area contributed by atoms with Crippen molar-refractivity contribution in [3.8, 4) is 46.0 Å². The van der Waals surface area contributed by atoms with Crippen molar-refractivity contribution in [1.82, 2.24) is 0 Å². The maximum absolute atomic E-state index is 14.2. The van der Waals surface area contributed by atoms with Gasteiger partial charge in [0.15, 0.2) is 70.6 Å². The van der Waals surface area contributed by atoms with E-state index in [9.17, 15) is 19.2 Å². The predicted octanol–water partition coefficient (Wildman–Crippen LogP) is 5.35. The predicted molar refractivity (Wildman–Crippen MR) is 216 cm³/mol. The van der Waals surface area contributed by atoms with E-state index >= 15 is 0 Å². The van der Waals surface area contributed by atoms with E-state index in [1.165, 1.54) is 130 Å². The summed E-state index contributed by atoms with van der Waals surface area (Å²) in [5.74, 6) is -1.43. The van der Waals surface area contributed by atoms with E-state index < -0.39 is 61.2 Å².